The third kappa shape index (κ3) is 2.86. The van der Waals surface area contributed by atoms with Crippen molar-refractivity contribution in [2.45, 2.75) is 6.54 Å². The normalized spacial score (nSPS) is 9.83. The Balaban J connectivity index is 2.13. The maximum Gasteiger partial charge on any atom is 0.123 e. The lowest BCUT2D eigenvalue weighted by Gasteiger charge is -2.19. The fourth-order valence-electron chi connectivity index (χ4n) is 1.80. The molecule has 0 bridgehead atoms. The van der Waals surface area contributed by atoms with Crippen molar-refractivity contribution in [1.82, 2.24) is 0 Å². The van der Waals surface area contributed by atoms with Crippen molar-refractivity contribution in [2.24, 2.45) is 0 Å². The summed E-state index contributed by atoms with van der Waals surface area (Å²) in [4.78, 5) is 2.01. The summed E-state index contributed by atoms with van der Waals surface area (Å²) in [5.74, 6) is -0.237. The number of nitrogens with zero attached hydrogens (tertiary/aromatic N) is 2. The van der Waals surface area contributed by atoms with Crippen LogP contribution < -0.4 is 4.90 Å². The zero-order chi connectivity index (χ0) is 13.0. The Morgan fingerprint density at radius 2 is 1.89 bits per heavy atom. The first-order valence-corrected chi connectivity index (χ1v) is 5.65. The molecule has 0 saturated heterocycles. The lowest BCUT2D eigenvalue weighted by atomic mass is 10.1. The van der Waals surface area contributed by atoms with E-state index in [-0.39, 0.29) is 5.82 Å². The largest absolute Gasteiger partial charge is 0.370 e. The van der Waals surface area contributed by atoms with Gasteiger partial charge in [0.05, 0.1) is 11.6 Å². The third-order valence-corrected chi connectivity index (χ3v) is 2.74. The van der Waals surface area contributed by atoms with Gasteiger partial charge in [-0.15, -0.1) is 0 Å². The Hall–Kier alpha value is -2.34. The van der Waals surface area contributed by atoms with Gasteiger partial charge >= 0.3 is 0 Å². The van der Waals surface area contributed by atoms with Crippen LogP contribution in [0.3, 0.4) is 0 Å². The molecule has 0 N–H and O–H groups in total. The fraction of sp³-hybridized carbons (Fsp3) is 0.133. The van der Waals surface area contributed by atoms with Crippen LogP contribution in [0.15, 0.2) is 48.5 Å². The molecule has 2 aromatic rings. The summed E-state index contributed by atoms with van der Waals surface area (Å²) in [6.45, 7) is 0.682. The number of rotatable bonds is 3. The average molecular weight is 240 g/mol. The summed E-state index contributed by atoms with van der Waals surface area (Å²) in [6.07, 6.45) is 0. The van der Waals surface area contributed by atoms with Gasteiger partial charge in [0, 0.05) is 19.3 Å². The van der Waals surface area contributed by atoms with Gasteiger partial charge < -0.3 is 4.90 Å². The first-order valence-electron chi connectivity index (χ1n) is 5.65. The van der Waals surface area contributed by atoms with Crippen molar-refractivity contribution in [3.8, 4) is 6.07 Å². The van der Waals surface area contributed by atoms with Gasteiger partial charge in [-0.1, -0.05) is 12.1 Å². The van der Waals surface area contributed by atoms with Crippen molar-refractivity contribution in [1.29, 1.82) is 5.26 Å². The van der Waals surface area contributed by atoms with Crippen LogP contribution >= 0.6 is 0 Å². The van der Waals surface area contributed by atoms with E-state index in [2.05, 4.69) is 6.07 Å². The lowest BCUT2D eigenvalue weighted by Crippen LogP contribution is -2.16. The van der Waals surface area contributed by atoms with E-state index in [9.17, 15) is 4.39 Å². The minimum Gasteiger partial charge on any atom is -0.370 e. The van der Waals surface area contributed by atoms with E-state index in [0.717, 1.165) is 11.3 Å². The first-order chi connectivity index (χ1) is 8.69. The predicted octanol–water partition coefficient (Wildman–Crippen LogP) is 3.33. The van der Waals surface area contributed by atoms with Crippen LogP contribution in [0.4, 0.5) is 10.1 Å². The maximum atomic E-state index is 12.8. The van der Waals surface area contributed by atoms with E-state index in [4.69, 9.17) is 5.26 Å². The van der Waals surface area contributed by atoms with E-state index in [0.29, 0.717) is 12.1 Å². The SMILES string of the molecule is CN(Cc1cccc(C#N)c1)c1ccc(F)cc1. The summed E-state index contributed by atoms with van der Waals surface area (Å²) in [7, 11) is 1.94. The van der Waals surface area contributed by atoms with Gasteiger partial charge in [0.2, 0.25) is 0 Å². The van der Waals surface area contributed by atoms with Crippen LogP contribution in [-0.2, 0) is 6.54 Å². The molecular weight excluding hydrogens is 227 g/mol. The highest BCUT2D eigenvalue weighted by atomic mass is 19.1. The molecule has 0 saturated carbocycles. The summed E-state index contributed by atoms with van der Waals surface area (Å²) in [5.41, 5.74) is 2.65. The molecular formula is C15H13FN2. The van der Waals surface area contributed by atoms with Gasteiger partial charge in [-0.05, 0) is 42.0 Å². The Kier molecular flexibility index (Phi) is 3.59. The predicted molar refractivity (Wildman–Crippen MR) is 69.7 cm³/mol. The second kappa shape index (κ2) is 5.33. The molecule has 90 valence electrons. The number of anilines is 1. The molecule has 0 aromatic heterocycles. The minimum absolute atomic E-state index is 0.237. The molecule has 2 aromatic carbocycles. The molecule has 0 heterocycles. The van der Waals surface area contributed by atoms with Gasteiger partial charge in [0.25, 0.3) is 0 Å². The summed E-state index contributed by atoms with van der Waals surface area (Å²) < 4.78 is 12.8. The molecule has 0 aliphatic rings. The summed E-state index contributed by atoms with van der Waals surface area (Å²) >= 11 is 0. The van der Waals surface area contributed by atoms with Crippen molar-refractivity contribution in [2.75, 3.05) is 11.9 Å². The Morgan fingerprint density at radius 3 is 2.56 bits per heavy atom. The van der Waals surface area contributed by atoms with E-state index >= 15 is 0 Å². The Bertz CT molecular complexity index is 570. The standard InChI is InChI=1S/C15H13FN2/c1-18(15-7-5-14(16)6-8-15)11-13-4-2-3-12(9-13)10-17/h2-9H,11H2,1H3. The molecule has 3 heteroatoms. The zero-order valence-corrected chi connectivity index (χ0v) is 10.1. The topological polar surface area (TPSA) is 27.0 Å². The second-order valence-electron chi connectivity index (χ2n) is 4.14. The van der Waals surface area contributed by atoms with Crippen molar-refractivity contribution in [3.63, 3.8) is 0 Å². The fourth-order valence-corrected chi connectivity index (χ4v) is 1.80. The molecule has 2 rings (SSSR count). The number of benzene rings is 2. The van der Waals surface area contributed by atoms with Gasteiger partial charge in [-0.2, -0.15) is 5.26 Å². The van der Waals surface area contributed by atoms with Gasteiger partial charge in [0.1, 0.15) is 5.82 Å². The van der Waals surface area contributed by atoms with Gasteiger partial charge in [0.15, 0.2) is 0 Å². The molecule has 18 heavy (non-hydrogen) atoms. The van der Waals surface area contributed by atoms with Crippen molar-refractivity contribution in [3.05, 3.63) is 65.5 Å². The molecule has 0 amide bonds. The van der Waals surface area contributed by atoms with Crippen LogP contribution in [0.2, 0.25) is 0 Å². The van der Waals surface area contributed by atoms with Crippen LogP contribution in [0.5, 0.6) is 0 Å². The molecule has 0 aliphatic heterocycles. The zero-order valence-electron chi connectivity index (χ0n) is 10.1. The van der Waals surface area contributed by atoms with Crippen LogP contribution in [-0.4, -0.2) is 7.05 Å². The van der Waals surface area contributed by atoms with Crippen LogP contribution in [0, 0.1) is 17.1 Å². The minimum atomic E-state index is -0.237. The van der Waals surface area contributed by atoms with Gasteiger partial charge in [-0.3, -0.25) is 0 Å². The number of hydrogen-bond donors (Lipinski definition) is 0. The third-order valence-electron chi connectivity index (χ3n) is 2.74. The molecule has 0 unspecified atom stereocenters. The summed E-state index contributed by atoms with van der Waals surface area (Å²) in [5, 5.41) is 8.84. The van der Waals surface area contributed by atoms with E-state index in [1.165, 1.54) is 12.1 Å². The van der Waals surface area contributed by atoms with Crippen molar-refractivity contribution >= 4 is 5.69 Å². The van der Waals surface area contributed by atoms with Gasteiger partial charge in [-0.25, -0.2) is 4.39 Å². The molecule has 0 radical (unpaired) electrons. The Labute approximate surface area is 106 Å². The highest BCUT2D eigenvalue weighted by molar-refractivity contribution is 5.46. The number of halogens is 1. The second-order valence-corrected chi connectivity index (χ2v) is 4.14. The van der Waals surface area contributed by atoms with Crippen LogP contribution in [0.25, 0.3) is 0 Å². The molecule has 0 spiro atoms. The average Bonchev–Trinajstić information content (AvgIpc) is 2.39. The molecule has 0 fully saturated rings. The van der Waals surface area contributed by atoms with E-state index in [1.807, 2.05) is 30.1 Å². The monoisotopic (exact) mass is 240 g/mol. The molecule has 0 atom stereocenters. The first kappa shape index (κ1) is 12.1. The highest BCUT2D eigenvalue weighted by Crippen LogP contribution is 2.16. The lowest BCUT2D eigenvalue weighted by molar-refractivity contribution is 0.627. The number of hydrogen-bond acceptors (Lipinski definition) is 2. The maximum absolute atomic E-state index is 12.8. The smallest absolute Gasteiger partial charge is 0.123 e. The quantitative estimate of drug-likeness (QED) is 0.822. The molecule has 0 aliphatic carbocycles. The molecule has 2 nitrogen and oxygen atoms in total. The Morgan fingerprint density at radius 1 is 1.17 bits per heavy atom. The van der Waals surface area contributed by atoms with Crippen molar-refractivity contribution < 1.29 is 4.39 Å². The number of nitriles is 1. The van der Waals surface area contributed by atoms with E-state index in [1.54, 1.807) is 18.2 Å². The highest BCUT2D eigenvalue weighted by Gasteiger charge is 2.03. The summed E-state index contributed by atoms with van der Waals surface area (Å²) in [6, 6.07) is 16.0. The van der Waals surface area contributed by atoms with Crippen LogP contribution in [0.1, 0.15) is 11.1 Å². The van der Waals surface area contributed by atoms with E-state index < -0.39 is 0 Å².